The van der Waals surface area contributed by atoms with Crippen LogP contribution in [0.3, 0.4) is 0 Å². The van der Waals surface area contributed by atoms with Crippen molar-refractivity contribution in [3.63, 3.8) is 0 Å². The van der Waals surface area contributed by atoms with Crippen molar-refractivity contribution in [1.82, 2.24) is 5.32 Å². The molecule has 0 bridgehead atoms. The molecule has 1 rings (SSSR count). The molecule has 1 aliphatic rings. The number of ether oxygens (including phenoxy) is 2. The fourth-order valence-corrected chi connectivity index (χ4v) is 2.28. The first kappa shape index (κ1) is 15.4. The topological polar surface area (TPSA) is 67.8 Å². The Bertz CT molecular complexity index is 287. The van der Waals surface area contributed by atoms with Gasteiger partial charge in [-0.25, -0.2) is 0 Å². The molecule has 0 amide bonds. The average Bonchev–Trinajstić information content (AvgIpc) is 2.78. The summed E-state index contributed by atoms with van der Waals surface area (Å²) in [4.78, 5) is 11.5. The Morgan fingerprint density at radius 3 is 2.61 bits per heavy atom. The second kappa shape index (κ2) is 5.99. The number of hydrogen-bond donors (Lipinski definition) is 2. The summed E-state index contributed by atoms with van der Waals surface area (Å²) in [6.07, 6.45) is 2.59. The van der Waals surface area contributed by atoms with Gasteiger partial charge >= 0.3 is 5.97 Å². The van der Waals surface area contributed by atoms with E-state index < -0.39 is 17.1 Å². The van der Waals surface area contributed by atoms with E-state index in [0.29, 0.717) is 13.0 Å². The highest BCUT2D eigenvalue weighted by Crippen LogP contribution is 2.24. The first-order valence-corrected chi connectivity index (χ1v) is 6.44. The van der Waals surface area contributed by atoms with Crippen LogP contribution in [0.15, 0.2) is 0 Å². The monoisotopic (exact) mass is 259 g/mol. The third-order valence-electron chi connectivity index (χ3n) is 3.55. The van der Waals surface area contributed by atoms with Gasteiger partial charge < -0.3 is 14.6 Å². The van der Waals surface area contributed by atoms with Gasteiger partial charge in [-0.3, -0.25) is 10.1 Å². The van der Waals surface area contributed by atoms with Crippen molar-refractivity contribution in [2.24, 2.45) is 0 Å². The Kier molecular flexibility index (Phi) is 5.13. The Labute approximate surface area is 109 Å². The molecule has 2 unspecified atom stereocenters. The van der Waals surface area contributed by atoms with Crippen molar-refractivity contribution < 1.29 is 19.4 Å². The third-order valence-corrected chi connectivity index (χ3v) is 3.55. The highest BCUT2D eigenvalue weighted by Gasteiger charge is 2.39. The molecule has 0 radical (unpaired) electrons. The summed E-state index contributed by atoms with van der Waals surface area (Å²) in [5.74, 6) is -0.856. The van der Waals surface area contributed by atoms with Gasteiger partial charge in [-0.2, -0.15) is 0 Å². The highest BCUT2D eigenvalue weighted by molar-refractivity contribution is 5.78. The lowest BCUT2D eigenvalue weighted by molar-refractivity contribution is -0.147. The minimum atomic E-state index is -0.995. The quantitative estimate of drug-likeness (QED) is 0.723. The van der Waals surface area contributed by atoms with Gasteiger partial charge in [0.05, 0.1) is 11.7 Å². The number of methoxy groups -OCH3 is 1. The lowest BCUT2D eigenvalue weighted by Gasteiger charge is -2.35. The minimum Gasteiger partial charge on any atom is -0.480 e. The van der Waals surface area contributed by atoms with Crippen molar-refractivity contribution in [2.45, 2.75) is 57.3 Å². The van der Waals surface area contributed by atoms with Crippen LogP contribution in [-0.2, 0) is 14.3 Å². The van der Waals surface area contributed by atoms with Gasteiger partial charge in [0.15, 0.2) is 0 Å². The molecule has 18 heavy (non-hydrogen) atoms. The predicted octanol–water partition coefficient (Wildman–Crippen LogP) is 1.41. The van der Waals surface area contributed by atoms with Crippen LogP contribution in [0.1, 0.15) is 40.0 Å². The molecule has 0 saturated carbocycles. The van der Waals surface area contributed by atoms with Crippen molar-refractivity contribution in [3.8, 4) is 0 Å². The van der Waals surface area contributed by atoms with Gasteiger partial charge in [-0.1, -0.05) is 0 Å². The maximum Gasteiger partial charge on any atom is 0.323 e. The van der Waals surface area contributed by atoms with Gasteiger partial charge in [-0.05, 0) is 33.6 Å². The van der Waals surface area contributed by atoms with E-state index in [4.69, 9.17) is 9.47 Å². The molecule has 1 saturated heterocycles. The maximum absolute atomic E-state index is 11.5. The van der Waals surface area contributed by atoms with Crippen molar-refractivity contribution in [3.05, 3.63) is 0 Å². The van der Waals surface area contributed by atoms with Gasteiger partial charge in [0.25, 0.3) is 0 Å². The Hall–Kier alpha value is -0.650. The van der Waals surface area contributed by atoms with Crippen LogP contribution >= 0.6 is 0 Å². The Morgan fingerprint density at radius 2 is 2.17 bits per heavy atom. The fraction of sp³-hybridized carbons (Fsp3) is 0.923. The van der Waals surface area contributed by atoms with E-state index in [1.54, 1.807) is 14.0 Å². The van der Waals surface area contributed by atoms with E-state index >= 15 is 0 Å². The number of rotatable bonds is 7. The van der Waals surface area contributed by atoms with E-state index in [1.165, 1.54) is 0 Å². The number of carboxylic acid groups (broad SMARTS) is 1. The van der Waals surface area contributed by atoms with E-state index in [1.807, 2.05) is 13.8 Å². The zero-order valence-electron chi connectivity index (χ0n) is 11.8. The smallest absolute Gasteiger partial charge is 0.323 e. The second-order valence-electron chi connectivity index (χ2n) is 5.79. The van der Waals surface area contributed by atoms with E-state index in [0.717, 1.165) is 19.4 Å². The summed E-state index contributed by atoms with van der Waals surface area (Å²) in [6.45, 7) is 6.83. The highest BCUT2D eigenvalue weighted by atomic mass is 16.5. The molecule has 0 aromatic carbocycles. The standard InChI is InChI=1S/C13H25NO4/c1-12(2,17-4)9-13(3,11(15)16)14-8-10-6-5-7-18-10/h10,14H,5-9H2,1-4H3,(H,15,16). The van der Waals surface area contributed by atoms with Crippen LogP contribution in [-0.4, -0.2) is 48.6 Å². The molecule has 5 heteroatoms. The van der Waals surface area contributed by atoms with E-state index in [9.17, 15) is 9.90 Å². The molecule has 106 valence electrons. The van der Waals surface area contributed by atoms with Crippen LogP contribution in [0.5, 0.6) is 0 Å². The van der Waals surface area contributed by atoms with Crippen LogP contribution < -0.4 is 5.32 Å². The molecule has 0 aliphatic carbocycles. The molecule has 0 aromatic heterocycles. The summed E-state index contributed by atoms with van der Waals surface area (Å²) in [5.41, 5.74) is -1.47. The molecule has 1 fully saturated rings. The first-order valence-electron chi connectivity index (χ1n) is 6.44. The van der Waals surface area contributed by atoms with E-state index in [-0.39, 0.29) is 6.10 Å². The average molecular weight is 259 g/mol. The van der Waals surface area contributed by atoms with Crippen molar-refractivity contribution >= 4 is 5.97 Å². The molecule has 2 atom stereocenters. The maximum atomic E-state index is 11.5. The number of hydrogen-bond acceptors (Lipinski definition) is 4. The van der Waals surface area contributed by atoms with Gasteiger partial charge in [-0.15, -0.1) is 0 Å². The van der Waals surface area contributed by atoms with Gasteiger partial charge in [0.2, 0.25) is 0 Å². The summed E-state index contributed by atoms with van der Waals surface area (Å²) in [5, 5.41) is 12.5. The zero-order valence-corrected chi connectivity index (χ0v) is 11.8. The normalized spacial score (nSPS) is 23.9. The molecule has 1 aliphatic heterocycles. The first-order chi connectivity index (χ1) is 8.29. The Morgan fingerprint density at radius 1 is 1.50 bits per heavy atom. The molecular weight excluding hydrogens is 234 g/mol. The predicted molar refractivity (Wildman–Crippen MR) is 68.7 cm³/mol. The molecule has 1 heterocycles. The number of aliphatic carboxylic acids is 1. The molecule has 0 spiro atoms. The zero-order chi connectivity index (χ0) is 13.8. The molecule has 0 aromatic rings. The SMILES string of the molecule is COC(C)(C)CC(C)(NCC1CCCO1)C(=O)O. The third kappa shape index (κ3) is 4.23. The number of carboxylic acids is 1. The Balaban J connectivity index is 2.58. The van der Waals surface area contributed by atoms with Crippen molar-refractivity contribution in [2.75, 3.05) is 20.3 Å². The summed E-state index contributed by atoms with van der Waals surface area (Å²) in [7, 11) is 1.60. The van der Waals surface area contributed by atoms with Crippen LogP contribution in [0.4, 0.5) is 0 Å². The summed E-state index contributed by atoms with van der Waals surface area (Å²) in [6, 6.07) is 0. The second-order valence-corrected chi connectivity index (χ2v) is 5.79. The molecular formula is C13H25NO4. The van der Waals surface area contributed by atoms with Crippen molar-refractivity contribution in [1.29, 1.82) is 0 Å². The van der Waals surface area contributed by atoms with E-state index in [2.05, 4.69) is 5.32 Å². The lowest BCUT2D eigenvalue weighted by Crippen LogP contribution is -2.55. The summed E-state index contributed by atoms with van der Waals surface area (Å²) < 4.78 is 10.8. The lowest BCUT2D eigenvalue weighted by atomic mass is 9.87. The van der Waals surface area contributed by atoms with Gasteiger partial charge in [0, 0.05) is 26.7 Å². The van der Waals surface area contributed by atoms with Crippen LogP contribution in [0, 0.1) is 0 Å². The largest absolute Gasteiger partial charge is 0.480 e. The number of carbonyl (C=O) groups is 1. The minimum absolute atomic E-state index is 0.134. The molecule has 2 N–H and O–H groups in total. The van der Waals surface area contributed by atoms with Crippen LogP contribution in [0.2, 0.25) is 0 Å². The fourth-order valence-electron chi connectivity index (χ4n) is 2.28. The molecule has 5 nitrogen and oxygen atoms in total. The van der Waals surface area contributed by atoms with Crippen LogP contribution in [0.25, 0.3) is 0 Å². The number of nitrogens with one attached hydrogen (secondary N) is 1. The van der Waals surface area contributed by atoms with Gasteiger partial charge in [0.1, 0.15) is 5.54 Å². The summed E-state index contributed by atoms with van der Waals surface area (Å²) >= 11 is 0.